The summed E-state index contributed by atoms with van der Waals surface area (Å²) in [6.07, 6.45) is 0. The van der Waals surface area contributed by atoms with Crippen LogP contribution in [0.5, 0.6) is 11.5 Å². The number of carbonyl (C=O) groups excluding carboxylic acids is 2. The SMILES string of the molecule is COC[C@@H]1CN(C(=O)c2ccc3c(c2)OCO3)C[C@H]1C(N)=O. The fraction of sp³-hybridized carbons (Fsp3) is 0.467. The van der Waals surface area contributed by atoms with Crippen molar-refractivity contribution in [3.05, 3.63) is 23.8 Å². The van der Waals surface area contributed by atoms with Crippen LogP contribution >= 0.6 is 0 Å². The van der Waals surface area contributed by atoms with E-state index in [1.54, 1.807) is 30.2 Å². The van der Waals surface area contributed by atoms with Gasteiger partial charge < -0.3 is 24.8 Å². The third-order valence-electron chi connectivity index (χ3n) is 4.09. The van der Waals surface area contributed by atoms with Gasteiger partial charge in [-0.2, -0.15) is 0 Å². The zero-order valence-corrected chi connectivity index (χ0v) is 12.3. The zero-order chi connectivity index (χ0) is 15.7. The van der Waals surface area contributed by atoms with E-state index >= 15 is 0 Å². The van der Waals surface area contributed by atoms with Gasteiger partial charge in [-0.1, -0.05) is 0 Å². The largest absolute Gasteiger partial charge is 0.454 e. The van der Waals surface area contributed by atoms with Crippen LogP contribution in [-0.2, 0) is 9.53 Å². The minimum absolute atomic E-state index is 0.0690. The van der Waals surface area contributed by atoms with Gasteiger partial charge in [0.15, 0.2) is 11.5 Å². The van der Waals surface area contributed by atoms with E-state index in [0.29, 0.717) is 36.8 Å². The van der Waals surface area contributed by atoms with Gasteiger partial charge in [0, 0.05) is 31.7 Å². The number of ether oxygens (including phenoxy) is 3. The molecule has 7 heteroatoms. The van der Waals surface area contributed by atoms with Gasteiger partial charge in [0.25, 0.3) is 5.91 Å². The molecule has 0 unspecified atom stereocenters. The first kappa shape index (κ1) is 14.6. The number of nitrogens with zero attached hydrogens (tertiary/aromatic N) is 1. The van der Waals surface area contributed by atoms with Crippen molar-refractivity contribution in [2.24, 2.45) is 17.6 Å². The van der Waals surface area contributed by atoms with Crippen LogP contribution < -0.4 is 15.2 Å². The third kappa shape index (κ3) is 2.59. The first-order chi connectivity index (χ1) is 10.6. The van der Waals surface area contributed by atoms with E-state index in [1.807, 2.05) is 0 Å². The van der Waals surface area contributed by atoms with E-state index in [1.165, 1.54) is 0 Å². The van der Waals surface area contributed by atoms with Crippen molar-refractivity contribution < 1.29 is 23.8 Å². The highest BCUT2D eigenvalue weighted by Crippen LogP contribution is 2.33. The highest BCUT2D eigenvalue weighted by atomic mass is 16.7. The Morgan fingerprint density at radius 1 is 1.32 bits per heavy atom. The summed E-state index contributed by atoms with van der Waals surface area (Å²) < 4.78 is 15.6. The number of likely N-dealkylation sites (tertiary alicyclic amines) is 1. The third-order valence-corrected chi connectivity index (χ3v) is 4.09. The molecular weight excluding hydrogens is 288 g/mol. The van der Waals surface area contributed by atoms with Gasteiger partial charge in [0.05, 0.1) is 12.5 Å². The van der Waals surface area contributed by atoms with E-state index in [0.717, 1.165) is 0 Å². The van der Waals surface area contributed by atoms with Crippen molar-refractivity contribution in [1.29, 1.82) is 0 Å². The topological polar surface area (TPSA) is 91.1 Å². The smallest absolute Gasteiger partial charge is 0.254 e. The summed E-state index contributed by atoms with van der Waals surface area (Å²) in [7, 11) is 1.57. The van der Waals surface area contributed by atoms with Crippen LogP contribution in [-0.4, -0.2) is 50.3 Å². The Labute approximate surface area is 127 Å². The lowest BCUT2D eigenvalue weighted by Gasteiger charge is -2.16. The number of hydrogen-bond donors (Lipinski definition) is 1. The second-order valence-electron chi connectivity index (χ2n) is 5.50. The number of hydrogen-bond acceptors (Lipinski definition) is 5. The molecule has 3 rings (SSSR count). The maximum atomic E-state index is 12.6. The summed E-state index contributed by atoms with van der Waals surface area (Å²) in [5.74, 6) is 0.194. The van der Waals surface area contributed by atoms with E-state index < -0.39 is 5.91 Å². The average Bonchev–Trinajstić information content (AvgIpc) is 3.12. The molecule has 2 heterocycles. The Kier molecular flexibility index (Phi) is 3.89. The van der Waals surface area contributed by atoms with Gasteiger partial charge in [-0.15, -0.1) is 0 Å². The number of methoxy groups -OCH3 is 1. The summed E-state index contributed by atoms with van der Waals surface area (Å²) in [4.78, 5) is 25.8. The molecule has 2 aliphatic heterocycles. The van der Waals surface area contributed by atoms with Crippen molar-refractivity contribution >= 4 is 11.8 Å². The van der Waals surface area contributed by atoms with E-state index in [2.05, 4.69) is 0 Å². The van der Waals surface area contributed by atoms with Gasteiger partial charge in [-0.05, 0) is 18.2 Å². The zero-order valence-electron chi connectivity index (χ0n) is 12.3. The maximum absolute atomic E-state index is 12.6. The van der Waals surface area contributed by atoms with Crippen molar-refractivity contribution in [2.75, 3.05) is 33.6 Å². The molecule has 2 N–H and O–H groups in total. The highest BCUT2D eigenvalue weighted by Gasteiger charge is 2.38. The van der Waals surface area contributed by atoms with E-state index in [-0.39, 0.29) is 24.5 Å². The summed E-state index contributed by atoms with van der Waals surface area (Å²) in [5.41, 5.74) is 5.93. The van der Waals surface area contributed by atoms with Crippen LogP contribution in [0.3, 0.4) is 0 Å². The van der Waals surface area contributed by atoms with Crippen LogP contribution in [0.25, 0.3) is 0 Å². The Balaban J connectivity index is 1.76. The molecule has 1 fully saturated rings. The van der Waals surface area contributed by atoms with Crippen molar-refractivity contribution in [2.45, 2.75) is 0 Å². The summed E-state index contributed by atoms with van der Waals surface area (Å²) >= 11 is 0. The number of carbonyl (C=O) groups is 2. The normalized spacial score (nSPS) is 22.9. The molecule has 1 aromatic carbocycles. The van der Waals surface area contributed by atoms with Gasteiger partial charge in [0.2, 0.25) is 12.7 Å². The van der Waals surface area contributed by atoms with Crippen LogP contribution in [0, 0.1) is 11.8 Å². The first-order valence-electron chi connectivity index (χ1n) is 7.07. The monoisotopic (exact) mass is 306 g/mol. The summed E-state index contributed by atoms with van der Waals surface area (Å²) in [6.45, 7) is 1.33. The molecule has 0 aromatic heterocycles. The maximum Gasteiger partial charge on any atom is 0.254 e. The van der Waals surface area contributed by atoms with Gasteiger partial charge in [0.1, 0.15) is 0 Å². The molecule has 1 aromatic rings. The molecule has 0 spiro atoms. The average molecular weight is 306 g/mol. The predicted molar refractivity (Wildman–Crippen MR) is 76.5 cm³/mol. The molecule has 0 aliphatic carbocycles. The van der Waals surface area contributed by atoms with Crippen molar-refractivity contribution in [3.8, 4) is 11.5 Å². The lowest BCUT2D eigenvalue weighted by atomic mass is 9.96. The lowest BCUT2D eigenvalue weighted by Crippen LogP contribution is -2.32. The number of rotatable bonds is 4. The van der Waals surface area contributed by atoms with E-state index in [4.69, 9.17) is 19.9 Å². The van der Waals surface area contributed by atoms with Gasteiger partial charge >= 0.3 is 0 Å². The fourth-order valence-corrected chi connectivity index (χ4v) is 2.95. The summed E-state index contributed by atoms with van der Waals surface area (Å²) in [5, 5.41) is 0. The first-order valence-corrected chi connectivity index (χ1v) is 7.07. The van der Waals surface area contributed by atoms with Crippen LogP contribution in [0.4, 0.5) is 0 Å². The predicted octanol–water partition coefficient (Wildman–Crippen LogP) is 0.235. The molecule has 0 bridgehead atoms. The number of fused-ring (bicyclic) bond motifs is 1. The van der Waals surface area contributed by atoms with Crippen LogP contribution in [0.15, 0.2) is 18.2 Å². The number of benzene rings is 1. The van der Waals surface area contributed by atoms with Crippen molar-refractivity contribution in [3.63, 3.8) is 0 Å². The molecule has 2 amide bonds. The number of nitrogens with two attached hydrogens (primary N) is 1. The Morgan fingerprint density at radius 2 is 2.09 bits per heavy atom. The molecule has 0 saturated carbocycles. The van der Waals surface area contributed by atoms with Gasteiger partial charge in [-0.25, -0.2) is 0 Å². The number of primary amides is 1. The van der Waals surface area contributed by atoms with Crippen LogP contribution in [0.1, 0.15) is 10.4 Å². The lowest BCUT2D eigenvalue weighted by molar-refractivity contribution is -0.122. The Morgan fingerprint density at radius 3 is 2.82 bits per heavy atom. The number of amides is 2. The minimum Gasteiger partial charge on any atom is -0.454 e. The molecule has 1 saturated heterocycles. The minimum atomic E-state index is -0.400. The highest BCUT2D eigenvalue weighted by molar-refractivity contribution is 5.95. The second kappa shape index (κ2) is 5.84. The summed E-state index contributed by atoms with van der Waals surface area (Å²) in [6, 6.07) is 5.07. The molecule has 2 aliphatic rings. The van der Waals surface area contributed by atoms with Crippen LogP contribution in [0.2, 0.25) is 0 Å². The standard InChI is InChI=1S/C15H18N2O5/c1-20-7-10-5-17(6-11(10)14(16)18)15(19)9-2-3-12-13(4-9)22-8-21-12/h2-4,10-11H,5-8H2,1H3,(H2,16,18)/t10-,11+/m0/s1. The quantitative estimate of drug-likeness (QED) is 0.860. The molecule has 22 heavy (non-hydrogen) atoms. The Bertz CT molecular complexity index is 604. The molecule has 0 radical (unpaired) electrons. The molecule has 118 valence electrons. The van der Waals surface area contributed by atoms with E-state index in [9.17, 15) is 9.59 Å². The second-order valence-corrected chi connectivity index (χ2v) is 5.50. The fourth-order valence-electron chi connectivity index (χ4n) is 2.95. The molecule has 2 atom stereocenters. The van der Waals surface area contributed by atoms with Crippen molar-refractivity contribution in [1.82, 2.24) is 4.90 Å². The Hall–Kier alpha value is -2.28. The van der Waals surface area contributed by atoms with Gasteiger partial charge in [-0.3, -0.25) is 9.59 Å². The molecular formula is C15H18N2O5. The molecule has 7 nitrogen and oxygen atoms in total.